The zero-order valence-corrected chi connectivity index (χ0v) is 31.7. The van der Waals surface area contributed by atoms with Crippen LogP contribution in [0.5, 0.6) is 0 Å². The van der Waals surface area contributed by atoms with E-state index in [9.17, 15) is 0 Å². The molecular formula is C53H33N5O. The smallest absolute Gasteiger partial charge is 0.164 e. The molecular weight excluding hydrogens is 723 g/mol. The highest BCUT2D eigenvalue weighted by Crippen LogP contribution is 2.43. The van der Waals surface area contributed by atoms with Gasteiger partial charge in [0.05, 0.1) is 11.4 Å². The lowest BCUT2D eigenvalue weighted by atomic mass is 9.91. The van der Waals surface area contributed by atoms with Gasteiger partial charge in [0.25, 0.3) is 0 Å². The van der Waals surface area contributed by atoms with Crippen LogP contribution in [0.25, 0.3) is 112 Å². The summed E-state index contributed by atoms with van der Waals surface area (Å²) in [4.78, 5) is 25.6. The SMILES string of the molecule is c1ccc(-c2cc(-c3ccc(-c4cc(-c5nc(-c6ccccc6)nc(-c6ccccc6)n5)c5c(c4)oc4ccccc45)c4ccccc34)nc(-c3ccccc3)n2)cc1. The summed E-state index contributed by atoms with van der Waals surface area (Å²) in [6.07, 6.45) is 0. The standard InChI is InChI=1S/C53H33N5O/c1-5-17-34(18-6-1)45-33-46(55-50(54-45)35-19-7-2-8-20-35)42-30-29-39(40-25-13-14-26-41(40)42)38-31-44(49-43-27-15-16-28-47(43)59-48(49)32-38)53-57-51(36-21-9-3-10-22-36)56-52(58-53)37-23-11-4-12-24-37/h1-33H. The lowest BCUT2D eigenvalue weighted by molar-refractivity contribution is 0.669. The number of rotatable bonds is 7. The van der Waals surface area contributed by atoms with E-state index in [1.165, 1.54) is 0 Å². The largest absolute Gasteiger partial charge is 0.456 e. The molecule has 11 rings (SSSR count). The first kappa shape index (κ1) is 34.2. The third-order valence-electron chi connectivity index (χ3n) is 10.8. The van der Waals surface area contributed by atoms with Gasteiger partial charge in [-0.05, 0) is 46.2 Å². The highest BCUT2D eigenvalue weighted by atomic mass is 16.3. The van der Waals surface area contributed by atoms with Crippen LogP contribution in [0.4, 0.5) is 0 Å². The van der Waals surface area contributed by atoms with Crippen LogP contribution in [0.3, 0.4) is 0 Å². The molecule has 0 fully saturated rings. The molecule has 59 heavy (non-hydrogen) atoms. The summed E-state index contributed by atoms with van der Waals surface area (Å²) < 4.78 is 6.63. The average Bonchev–Trinajstić information content (AvgIpc) is 3.70. The van der Waals surface area contributed by atoms with Crippen LogP contribution in [0.1, 0.15) is 0 Å². The van der Waals surface area contributed by atoms with E-state index < -0.39 is 0 Å². The third kappa shape index (κ3) is 6.29. The van der Waals surface area contributed by atoms with Crippen LogP contribution in [0.2, 0.25) is 0 Å². The molecule has 0 amide bonds. The number of benzene rings is 8. The molecule has 0 radical (unpaired) electrons. The molecule has 0 saturated carbocycles. The molecule has 0 atom stereocenters. The summed E-state index contributed by atoms with van der Waals surface area (Å²) >= 11 is 0. The number of fused-ring (bicyclic) bond motifs is 4. The van der Waals surface area contributed by atoms with Crippen LogP contribution in [-0.4, -0.2) is 24.9 Å². The fraction of sp³-hybridized carbons (Fsp3) is 0. The Labute approximate surface area is 340 Å². The molecule has 0 aliphatic carbocycles. The molecule has 0 saturated heterocycles. The van der Waals surface area contributed by atoms with E-state index in [-0.39, 0.29) is 0 Å². The van der Waals surface area contributed by atoms with Gasteiger partial charge in [0.15, 0.2) is 23.3 Å². The molecule has 8 aromatic carbocycles. The van der Waals surface area contributed by atoms with E-state index in [0.717, 1.165) is 88.6 Å². The Morgan fingerprint density at radius 1 is 0.271 bits per heavy atom. The summed E-state index contributed by atoms with van der Waals surface area (Å²) in [5.41, 5.74) is 11.0. The van der Waals surface area contributed by atoms with Crippen molar-refractivity contribution in [1.82, 2.24) is 24.9 Å². The molecule has 0 aliphatic rings. The first-order chi connectivity index (χ1) is 29.2. The van der Waals surface area contributed by atoms with Crippen molar-refractivity contribution in [2.75, 3.05) is 0 Å². The van der Waals surface area contributed by atoms with Gasteiger partial charge in [-0.3, -0.25) is 0 Å². The number of hydrogen-bond donors (Lipinski definition) is 0. The molecule has 0 unspecified atom stereocenters. The van der Waals surface area contributed by atoms with Crippen LogP contribution < -0.4 is 0 Å². The van der Waals surface area contributed by atoms with Gasteiger partial charge >= 0.3 is 0 Å². The van der Waals surface area contributed by atoms with Crippen molar-refractivity contribution in [3.63, 3.8) is 0 Å². The maximum atomic E-state index is 6.63. The number of nitrogens with zero attached hydrogens (tertiary/aromatic N) is 5. The second-order valence-corrected chi connectivity index (χ2v) is 14.4. The molecule has 6 heteroatoms. The normalized spacial score (nSPS) is 11.4. The number of hydrogen-bond acceptors (Lipinski definition) is 6. The molecule has 0 bridgehead atoms. The molecule has 3 aromatic heterocycles. The summed E-state index contributed by atoms with van der Waals surface area (Å²) in [7, 11) is 0. The van der Waals surface area contributed by atoms with Gasteiger partial charge in [0.2, 0.25) is 0 Å². The first-order valence-corrected chi connectivity index (χ1v) is 19.6. The Kier molecular flexibility index (Phi) is 8.37. The van der Waals surface area contributed by atoms with Crippen molar-refractivity contribution >= 4 is 32.7 Å². The Hall–Kier alpha value is -8.09. The maximum Gasteiger partial charge on any atom is 0.164 e. The van der Waals surface area contributed by atoms with E-state index in [4.69, 9.17) is 29.3 Å². The minimum Gasteiger partial charge on any atom is -0.456 e. The van der Waals surface area contributed by atoms with Crippen molar-refractivity contribution < 1.29 is 4.42 Å². The molecule has 3 heterocycles. The van der Waals surface area contributed by atoms with Gasteiger partial charge < -0.3 is 4.42 Å². The highest BCUT2D eigenvalue weighted by Gasteiger charge is 2.21. The van der Waals surface area contributed by atoms with Crippen molar-refractivity contribution in [1.29, 1.82) is 0 Å². The van der Waals surface area contributed by atoms with Gasteiger partial charge in [0, 0.05) is 44.2 Å². The van der Waals surface area contributed by atoms with E-state index in [2.05, 4.69) is 84.9 Å². The van der Waals surface area contributed by atoms with E-state index in [1.807, 2.05) is 115 Å². The lowest BCUT2D eigenvalue weighted by Gasteiger charge is -2.15. The van der Waals surface area contributed by atoms with Crippen LogP contribution in [0.15, 0.2) is 205 Å². The average molecular weight is 756 g/mol. The lowest BCUT2D eigenvalue weighted by Crippen LogP contribution is -2.00. The van der Waals surface area contributed by atoms with Gasteiger partial charge in [-0.1, -0.05) is 176 Å². The summed E-state index contributed by atoms with van der Waals surface area (Å²) in [6.45, 7) is 0. The van der Waals surface area contributed by atoms with Crippen LogP contribution >= 0.6 is 0 Å². The Bertz CT molecular complexity index is 3200. The zero-order valence-electron chi connectivity index (χ0n) is 31.7. The quantitative estimate of drug-likeness (QED) is 0.161. The predicted molar refractivity (Wildman–Crippen MR) is 238 cm³/mol. The Morgan fingerprint density at radius 2 is 0.729 bits per heavy atom. The second-order valence-electron chi connectivity index (χ2n) is 14.4. The number of aromatic nitrogens is 5. The van der Waals surface area contributed by atoms with Crippen LogP contribution in [0, 0.1) is 0 Å². The summed E-state index contributed by atoms with van der Waals surface area (Å²) in [5.74, 6) is 2.45. The maximum absolute atomic E-state index is 6.63. The van der Waals surface area contributed by atoms with E-state index in [0.29, 0.717) is 23.3 Å². The molecule has 6 nitrogen and oxygen atoms in total. The number of para-hydroxylation sites is 1. The molecule has 0 aliphatic heterocycles. The first-order valence-electron chi connectivity index (χ1n) is 19.6. The van der Waals surface area contributed by atoms with E-state index in [1.54, 1.807) is 0 Å². The summed E-state index contributed by atoms with van der Waals surface area (Å²) in [5, 5.41) is 4.11. The second kappa shape index (κ2) is 14.4. The van der Waals surface area contributed by atoms with Gasteiger partial charge in [-0.15, -0.1) is 0 Å². The van der Waals surface area contributed by atoms with E-state index >= 15 is 0 Å². The fourth-order valence-corrected chi connectivity index (χ4v) is 7.95. The van der Waals surface area contributed by atoms with Crippen molar-refractivity contribution in [2.45, 2.75) is 0 Å². The topological polar surface area (TPSA) is 77.6 Å². The van der Waals surface area contributed by atoms with Gasteiger partial charge in [-0.2, -0.15) is 0 Å². The Morgan fingerprint density at radius 3 is 1.34 bits per heavy atom. The predicted octanol–water partition coefficient (Wildman–Crippen LogP) is 13.4. The minimum absolute atomic E-state index is 0.569. The Balaban J connectivity index is 1.14. The molecule has 11 aromatic rings. The minimum atomic E-state index is 0.569. The van der Waals surface area contributed by atoms with Crippen molar-refractivity contribution in [3.05, 3.63) is 200 Å². The molecule has 0 N–H and O–H groups in total. The van der Waals surface area contributed by atoms with Gasteiger partial charge in [0.1, 0.15) is 11.2 Å². The monoisotopic (exact) mass is 755 g/mol. The van der Waals surface area contributed by atoms with Crippen LogP contribution in [-0.2, 0) is 0 Å². The fourth-order valence-electron chi connectivity index (χ4n) is 7.95. The summed E-state index contributed by atoms with van der Waals surface area (Å²) in [6, 6.07) is 68.1. The zero-order chi connectivity index (χ0) is 39.1. The van der Waals surface area contributed by atoms with Crippen molar-refractivity contribution in [2.24, 2.45) is 0 Å². The van der Waals surface area contributed by atoms with Gasteiger partial charge in [-0.25, -0.2) is 24.9 Å². The molecule has 0 spiro atoms. The highest BCUT2D eigenvalue weighted by molar-refractivity contribution is 6.14. The number of furan rings is 1. The van der Waals surface area contributed by atoms with Crippen molar-refractivity contribution in [3.8, 4) is 79.2 Å². The third-order valence-corrected chi connectivity index (χ3v) is 10.8. The molecule has 276 valence electrons.